The number of rotatable bonds is 6. The van der Waals surface area contributed by atoms with Crippen molar-refractivity contribution in [3.63, 3.8) is 0 Å². The highest BCUT2D eigenvalue weighted by atomic mass is 31.2. The van der Waals surface area contributed by atoms with Gasteiger partial charge in [-0.25, -0.2) is 9.97 Å². The summed E-state index contributed by atoms with van der Waals surface area (Å²) in [6.07, 6.45) is -3.45. The summed E-state index contributed by atoms with van der Waals surface area (Å²) < 4.78 is 49.8. The van der Waals surface area contributed by atoms with Crippen LogP contribution in [0.3, 0.4) is 0 Å². The van der Waals surface area contributed by atoms with Gasteiger partial charge in [-0.1, -0.05) is 0 Å². The quantitative estimate of drug-likeness (QED) is 0.644. The zero-order chi connectivity index (χ0) is 16.3. The highest BCUT2D eigenvalue weighted by Gasteiger charge is 2.35. The molecule has 1 N–H and O–H groups in total. The molecular weight excluding hydrogens is 304 g/mol. The van der Waals surface area contributed by atoms with Crippen LogP contribution in [0.4, 0.5) is 24.8 Å². The second-order valence-corrected chi connectivity index (χ2v) is 9.00. The summed E-state index contributed by atoms with van der Waals surface area (Å²) in [5.74, 6) is -0.882. The fraction of sp³-hybridized carbons (Fsp3) is 0.667. The first-order valence-electron chi connectivity index (χ1n) is 6.40. The summed E-state index contributed by atoms with van der Waals surface area (Å²) in [5.41, 5.74) is 0. The first-order valence-corrected chi connectivity index (χ1v) is 9.19. The molecule has 0 unspecified atom stereocenters. The smallest absolute Gasteiger partial charge is 0.370 e. The molecule has 0 amide bonds. The second-order valence-electron chi connectivity index (χ2n) is 5.41. The number of hydrogen-bond donors (Lipinski definition) is 1. The first kappa shape index (κ1) is 17.8. The highest BCUT2D eigenvalue weighted by molar-refractivity contribution is 7.62. The number of nitrogens with one attached hydrogen (secondary N) is 1. The first-order chi connectivity index (χ1) is 9.49. The van der Waals surface area contributed by atoms with Gasteiger partial charge in [-0.3, -0.25) is 0 Å². The Kier molecular flexibility index (Phi) is 5.61. The SMILES string of the molecule is CN(C)c1cc(NCCCP(C)(C)=O)nc(C(F)(F)F)n1. The summed E-state index contributed by atoms with van der Waals surface area (Å²) >= 11 is 0. The van der Waals surface area contributed by atoms with Crippen LogP contribution in [0.2, 0.25) is 0 Å². The third-order valence-corrected chi connectivity index (χ3v) is 4.00. The molecule has 0 fully saturated rings. The Balaban J connectivity index is 2.82. The van der Waals surface area contributed by atoms with Gasteiger partial charge in [-0.15, -0.1) is 0 Å². The highest BCUT2D eigenvalue weighted by Crippen LogP contribution is 2.36. The molecular formula is C12H20F3N4OP. The molecule has 1 aromatic heterocycles. The van der Waals surface area contributed by atoms with E-state index < -0.39 is 19.1 Å². The zero-order valence-electron chi connectivity index (χ0n) is 12.5. The number of aromatic nitrogens is 2. The maximum atomic E-state index is 12.7. The zero-order valence-corrected chi connectivity index (χ0v) is 13.4. The van der Waals surface area contributed by atoms with Crippen molar-refractivity contribution in [2.75, 3.05) is 50.3 Å². The number of anilines is 2. The van der Waals surface area contributed by atoms with E-state index in [9.17, 15) is 17.7 Å². The molecule has 0 atom stereocenters. The lowest BCUT2D eigenvalue weighted by atomic mass is 10.4. The average molecular weight is 324 g/mol. The van der Waals surface area contributed by atoms with Gasteiger partial charge in [0.25, 0.3) is 0 Å². The van der Waals surface area contributed by atoms with Crippen LogP contribution < -0.4 is 10.2 Å². The van der Waals surface area contributed by atoms with E-state index in [0.29, 0.717) is 19.1 Å². The summed E-state index contributed by atoms with van der Waals surface area (Å²) in [5, 5.41) is 2.83. The van der Waals surface area contributed by atoms with Gasteiger partial charge in [0, 0.05) is 32.9 Å². The monoisotopic (exact) mass is 324 g/mol. The van der Waals surface area contributed by atoms with E-state index in [1.807, 2.05) is 0 Å². The molecule has 0 saturated heterocycles. The lowest BCUT2D eigenvalue weighted by molar-refractivity contribution is -0.144. The molecule has 9 heteroatoms. The van der Waals surface area contributed by atoms with Crippen LogP contribution in [0.5, 0.6) is 0 Å². The van der Waals surface area contributed by atoms with Crippen LogP contribution in [0.1, 0.15) is 12.2 Å². The third-order valence-electron chi connectivity index (χ3n) is 2.60. The van der Waals surface area contributed by atoms with Gasteiger partial charge in [0.05, 0.1) is 7.14 Å². The molecule has 21 heavy (non-hydrogen) atoms. The largest absolute Gasteiger partial charge is 0.451 e. The number of hydrogen-bond acceptors (Lipinski definition) is 5. The van der Waals surface area contributed by atoms with E-state index in [0.717, 1.165) is 0 Å². The van der Waals surface area contributed by atoms with Crippen molar-refractivity contribution in [1.29, 1.82) is 0 Å². The van der Waals surface area contributed by atoms with E-state index in [-0.39, 0.29) is 11.6 Å². The minimum Gasteiger partial charge on any atom is -0.370 e. The molecule has 120 valence electrons. The van der Waals surface area contributed by atoms with Gasteiger partial charge < -0.3 is 14.8 Å². The minimum atomic E-state index is -4.59. The third kappa shape index (κ3) is 6.33. The van der Waals surface area contributed by atoms with E-state index in [1.165, 1.54) is 11.0 Å². The standard InChI is InChI=1S/C12H20F3N4OP/c1-19(2)10-8-9(16-6-5-7-21(3,4)20)17-11(18-10)12(13,14)15/h8H,5-7H2,1-4H3,(H,16,17,18). The van der Waals surface area contributed by atoms with E-state index in [4.69, 9.17) is 0 Å². The van der Waals surface area contributed by atoms with Crippen molar-refractivity contribution < 1.29 is 17.7 Å². The van der Waals surface area contributed by atoms with Crippen LogP contribution in [0, 0.1) is 0 Å². The Morgan fingerprint density at radius 2 is 1.90 bits per heavy atom. The van der Waals surface area contributed by atoms with E-state index in [2.05, 4.69) is 15.3 Å². The van der Waals surface area contributed by atoms with Crippen molar-refractivity contribution in [1.82, 2.24) is 9.97 Å². The summed E-state index contributed by atoms with van der Waals surface area (Å²) in [7, 11) is 1.11. The van der Waals surface area contributed by atoms with Crippen molar-refractivity contribution >= 4 is 18.8 Å². The Bertz CT molecular complexity index is 528. The van der Waals surface area contributed by atoms with Gasteiger partial charge in [0.1, 0.15) is 11.6 Å². The Hall–Kier alpha value is -1.30. The molecule has 5 nitrogen and oxygen atoms in total. The summed E-state index contributed by atoms with van der Waals surface area (Å²) in [6.45, 7) is 3.78. The van der Waals surface area contributed by atoms with Crippen LogP contribution in [-0.4, -0.2) is 50.1 Å². The molecule has 0 aliphatic carbocycles. The lowest BCUT2D eigenvalue weighted by Gasteiger charge is -2.16. The maximum absolute atomic E-state index is 12.7. The van der Waals surface area contributed by atoms with E-state index in [1.54, 1.807) is 27.4 Å². The molecule has 0 aromatic carbocycles. The molecule has 1 heterocycles. The predicted molar refractivity (Wildman–Crippen MR) is 78.8 cm³/mol. The molecule has 1 rings (SSSR count). The number of alkyl halides is 3. The van der Waals surface area contributed by atoms with Gasteiger partial charge >= 0.3 is 6.18 Å². The average Bonchev–Trinajstić information content (AvgIpc) is 2.32. The Labute approximate surface area is 122 Å². The molecule has 0 aliphatic rings. The summed E-state index contributed by atoms with van der Waals surface area (Å²) in [6, 6.07) is 1.45. The van der Waals surface area contributed by atoms with Crippen molar-refractivity contribution in [3.05, 3.63) is 11.9 Å². The predicted octanol–water partition coefficient (Wildman–Crippen LogP) is 2.99. The molecule has 0 spiro atoms. The fourth-order valence-corrected chi connectivity index (χ4v) is 2.48. The van der Waals surface area contributed by atoms with Crippen molar-refractivity contribution in [3.8, 4) is 0 Å². The van der Waals surface area contributed by atoms with Gasteiger partial charge in [0.2, 0.25) is 5.82 Å². The maximum Gasteiger partial charge on any atom is 0.451 e. The van der Waals surface area contributed by atoms with Crippen LogP contribution in [0.25, 0.3) is 0 Å². The number of nitrogens with zero attached hydrogens (tertiary/aromatic N) is 3. The van der Waals surface area contributed by atoms with Gasteiger partial charge in [-0.05, 0) is 19.8 Å². The van der Waals surface area contributed by atoms with Crippen LogP contribution in [-0.2, 0) is 10.7 Å². The van der Waals surface area contributed by atoms with Crippen molar-refractivity contribution in [2.45, 2.75) is 12.6 Å². The topological polar surface area (TPSA) is 58.1 Å². The van der Waals surface area contributed by atoms with Gasteiger partial charge in [0.15, 0.2) is 0 Å². The Morgan fingerprint density at radius 3 is 2.38 bits per heavy atom. The van der Waals surface area contributed by atoms with E-state index >= 15 is 0 Å². The Morgan fingerprint density at radius 1 is 1.29 bits per heavy atom. The second kappa shape index (κ2) is 6.64. The minimum absolute atomic E-state index is 0.114. The van der Waals surface area contributed by atoms with Crippen LogP contribution >= 0.6 is 7.14 Å². The molecule has 0 saturated carbocycles. The van der Waals surface area contributed by atoms with Crippen molar-refractivity contribution in [2.24, 2.45) is 0 Å². The molecule has 0 bridgehead atoms. The number of halogens is 3. The summed E-state index contributed by atoms with van der Waals surface area (Å²) in [4.78, 5) is 8.44. The normalized spacial score (nSPS) is 12.3. The van der Waals surface area contributed by atoms with Crippen LogP contribution in [0.15, 0.2) is 6.07 Å². The molecule has 1 aromatic rings. The fourth-order valence-electron chi connectivity index (χ4n) is 1.56. The van der Waals surface area contributed by atoms with Gasteiger partial charge in [-0.2, -0.15) is 13.2 Å². The molecule has 0 radical (unpaired) electrons. The lowest BCUT2D eigenvalue weighted by Crippen LogP contribution is -2.18. The molecule has 0 aliphatic heterocycles.